The van der Waals surface area contributed by atoms with Gasteiger partial charge in [0.05, 0.1) is 30.3 Å². The van der Waals surface area contributed by atoms with Crippen LogP contribution in [-0.4, -0.2) is 35.6 Å². The van der Waals surface area contributed by atoms with Crippen LogP contribution in [-0.2, 0) is 11.3 Å². The summed E-state index contributed by atoms with van der Waals surface area (Å²) >= 11 is 0. The number of anilines is 1. The smallest absolute Gasteiger partial charge is 0.262 e. The number of para-hydroxylation sites is 2. The lowest BCUT2D eigenvalue weighted by molar-refractivity contribution is 0.0748. The van der Waals surface area contributed by atoms with Crippen LogP contribution < -0.4 is 15.7 Å². The molecule has 0 unspecified atom stereocenters. The number of nitrogens with one attached hydrogen (secondary N) is 1. The number of fused-ring (bicyclic) bond motifs is 1. The highest BCUT2D eigenvalue weighted by molar-refractivity contribution is 5.84. The molecule has 7 heteroatoms. The Labute approximate surface area is 170 Å². The van der Waals surface area contributed by atoms with Crippen LogP contribution in [0.1, 0.15) is 25.8 Å². The molecule has 3 rings (SSSR count). The van der Waals surface area contributed by atoms with Crippen molar-refractivity contribution in [2.75, 3.05) is 19.1 Å². The predicted molar refractivity (Wildman–Crippen MR) is 116 cm³/mol. The normalized spacial score (nSPS) is 11.4. The van der Waals surface area contributed by atoms with Gasteiger partial charge in [-0.15, -0.1) is 0 Å². The van der Waals surface area contributed by atoms with Gasteiger partial charge in [-0.2, -0.15) is 5.10 Å². The summed E-state index contributed by atoms with van der Waals surface area (Å²) in [5, 5.41) is 4.86. The monoisotopic (exact) mass is 394 g/mol. The molecule has 1 N–H and O–H groups in total. The molecule has 1 aromatic heterocycles. The molecule has 0 aliphatic rings. The summed E-state index contributed by atoms with van der Waals surface area (Å²) in [5.74, 6) is 1.11. The molecule has 0 amide bonds. The molecule has 0 spiro atoms. The third kappa shape index (κ3) is 5.20. The van der Waals surface area contributed by atoms with Gasteiger partial charge >= 0.3 is 0 Å². The third-order valence-corrected chi connectivity index (χ3v) is 4.35. The predicted octanol–water partition coefficient (Wildman–Crippen LogP) is 3.67. The van der Waals surface area contributed by atoms with Crippen LogP contribution in [0.15, 0.2) is 58.4 Å². The summed E-state index contributed by atoms with van der Waals surface area (Å²) in [7, 11) is 1.61. The summed E-state index contributed by atoms with van der Waals surface area (Å²) in [5.41, 5.74) is 4.27. The number of rotatable bonds is 9. The van der Waals surface area contributed by atoms with Gasteiger partial charge in [0.1, 0.15) is 5.75 Å². The van der Waals surface area contributed by atoms with Crippen LogP contribution in [0, 0.1) is 0 Å². The molecule has 7 nitrogen and oxygen atoms in total. The van der Waals surface area contributed by atoms with Crippen molar-refractivity contribution in [3.63, 3.8) is 0 Å². The number of aromatic nitrogens is 2. The van der Waals surface area contributed by atoms with E-state index >= 15 is 0 Å². The molecular weight excluding hydrogens is 368 g/mol. The van der Waals surface area contributed by atoms with E-state index in [2.05, 4.69) is 15.5 Å². The quantitative estimate of drug-likeness (QED) is 0.340. The SMILES string of the molecule is COc1ccccc1/C=N\Nc1nc2ccccc2c(=O)n1CCCOC(C)C. The highest BCUT2D eigenvalue weighted by atomic mass is 16.5. The van der Waals surface area contributed by atoms with Crippen molar-refractivity contribution in [1.29, 1.82) is 0 Å². The Bertz CT molecular complexity index is 1040. The Morgan fingerprint density at radius 2 is 1.93 bits per heavy atom. The highest BCUT2D eigenvalue weighted by Gasteiger charge is 2.10. The number of nitrogens with zero attached hydrogens (tertiary/aromatic N) is 3. The zero-order valence-electron chi connectivity index (χ0n) is 17.0. The van der Waals surface area contributed by atoms with Gasteiger partial charge in [-0.3, -0.25) is 9.36 Å². The van der Waals surface area contributed by atoms with Crippen molar-refractivity contribution in [1.82, 2.24) is 9.55 Å². The maximum atomic E-state index is 13.0. The van der Waals surface area contributed by atoms with Gasteiger partial charge in [0.25, 0.3) is 5.56 Å². The maximum absolute atomic E-state index is 13.0. The Morgan fingerprint density at radius 1 is 1.17 bits per heavy atom. The van der Waals surface area contributed by atoms with Crippen molar-refractivity contribution in [3.8, 4) is 5.75 Å². The second kappa shape index (κ2) is 9.84. The Hall–Kier alpha value is -3.19. The van der Waals surface area contributed by atoms with E-state index in [9.17, 15) is 4.79 Å². The van der Waals surface area contributed by atoms with E-state index in [4.69, 9.17) is 9.47 Å². The summed E-state index contributed by atoms with van der Waals surface area (Å²) in [6.07, 6.45) is 2.50. The molecule has 29 heavy (non-hydrogen) atoms. The second-order valence-electron chi connectivity index (χ2n) is 6.79. The second-order valence-corrected chi connectivity index (χ2v) is 6.79. The molecule has 3 aromatic rings. The van der Waals surface area contributed by atoms with Gasteiger partial charge in [-0.25, -0.2) is 10.4 Å². The van der Waals surface area contributed by atoms with Crippen molar-refractivity contribution < 1.29 is 9.47 Å². The lowest BCUT2D eigenvalue weighted by atomic mass is 10.2. The van der Waals surface area contributed by atoms with Crippen molar-refractivity contribution in [2.45, 2.75) is 32.9 Å². The number of hydrazone groups is 1. The van der Waals surface area contributed by atoms with Crippen LogP contribution in [0.4, 0.5) is 5.95 Å². The van der Waals surface area contributed by atoms with Crippen LogP contribution in [0.2, 0.25) is 0 Å². The fraction of sp³-hybridized carbons (Fsp3) is 0.318. The first kappa shape index (κ1) is 20.5. The third-order valence-electron chi connectivity index (χ3n) is 4.35. The maximum Gasteiger partial charge on any atom is 0.262 e. The van der Waals surface area contributed by atoms with Crippen molar-refractivity contribution >= 4 is 23.1 Å². The van der Waals surface area contributed by atoms with E-state index < -0.39 is 0 Å². The minimum Gasteiger partial charge on any atom is -0.496 e. The van der Waals surface area contributed by atoms with Gasteiger partial charge in [-0.1, -0.05) is 24.3 Å². The van der Waals surface area contributed by atoms with Gasteiger partial charge in [-0.05, 0) is 44.5 Å². The van der Waals surface area contributed by atoms with E-state index in [1.165, 1.54) is 0 Å². The minimum absolute atomic E-state index is 0.102. The highest BCUT2D eigenvalue weighted by Crippen LogP contribution is 2.15. The van der Waals surface area contributed by atoms with E-state index in [1.807, 2.05) is 56.3 Å². The van der Waals surface area contributed by atoms with Crippen LogP contribution in [0.25, 0.3) is 10.9 Å². The first-order chi connectivity index (χ1) is 14.1. The fourth-order valence-corrected chi connectivity index (χ4v) is 2.94. The van der Waals surface area contributed by atoms with Gasteiger partial charge < -0.3 is 9.47 Å². The van der Waals surface area contributed by atoms with Gasteiger partial charge in [0.2, 0.25) is 5.95 Å². The molecule has 0 atom stereocenters. The van der Waals surface area contributed by atoms with Crippen molar-refractivity contribution in [2.24, 2.45) is 5.10 Å². The Morgan fingerprint density at radius 3 is 2.72 bits per heavy atom. The summed E-state index contributed by atoms with van der Waals surface area (Å²) in [6, 6.07) is 14.9. The molecule has 152 valence electrons. The van der Waals surface area contributed by atoms with E-state index in [1.54, 1.807) is 24.0 Å². The Kier molecular flexibility index (Phi) is 6.97. The molecule has 0 saturated carbocycles. The molecular formula is C22H26N4O3. The molecule has 0 saturated heterocycles. The van der Waals surface area contributed by atoms with Crippen LogP contribution >= 0.6 is 0 Å². The zero-order chi connectivity index (χ0) is 20.6. The van der Waals surface area contributed by atoms with Crippen LogP contribution in [0.3, 0.4) is 0 Å². The van der Waals surface area contributed by atoms with Gasteiger partial charge in [0, 0.05) is 18.7 Å². The number of methoxy groups -OCH3 is 1. The summed E-state index contributed by atoms with van der Waals surface area (Å²) < 4.78 is 12.5. The van der Waals surface area contributed by atoms with E-state index in [-0.39, 0.29) is 11.7 Å². The standard InChI is InChI=1S/C22H26N4O3/c1-16(2)29-14-8-13-26-21(27)18-10-5-6-11-19(18)24-22(26)25-23-15-17-9-4-7-12-20(17)28-3/h4-7,9-12,15-16H,8,13-14H2,1-3H3,(H,24,25)/b23-15-. The molecule has 0 aliphatic carbocycles. The minimum atomic E-state index is -0.102. The van der Waals surface area contributed by atoms with Crippen LogP contribution in [0.5, 0.6) is 5.75 Å². The average Bonchev–Trinajstić information content (AvgIpc) is 2.73. The molecule has 1 heterocycles. The molecule has 0 bridgehead atoms. The molecule has 2 aromatic carbocycles. The van der Waals surface area contributed by atoms with Crippen molar-refractivity contribution in [3.05, 3.63) is 64.4 Å². The van der Waals surface area contributed by atoms with E-state index in [0.717, 1.165) is 5.56 Å². The topological polar surface area (TPSA) is 77.7 Å². The average molecular weight is 394 g/mol. The largest absolute Gasteiger partial charge is 0.496 e. The Balaban J connectivity index is 1.87. The molecule has 0 aliphatic heterocycles. The summed E-state index contributed by atoms with van der Waals surface area (Å²) in [4.78, 5) is 17.6. The van der Waals surface area contributed by atoms with Gasteiger partial charge in [0.15, 0.2) is 0 Å². The zero-order valence-corrected chi connectivity index (χ0v) is 17.0. The fourth-order valence-electron chi connectivity index (χ4n) is 2.94. The lowest BCUT2D eigenvalue weighted by Crippen LogP contribution is -2.25. The number of hydrogen-bond acceptors (Lipinski definition) is 6. The summed E-state index contributed by atoms with van der Waals surface area (Å²) in [6.45, 7) is 5.03. The number of ether oxygens (including phenoxy) is 2. The lowest BCUT2D eigenvalue weighted by Gasteiger charge is -2.13. The van der Waals surface area contributed by atoms with E-state index in [0.29, 0.717) is 42.2 Å². The number of benzene rings is 2. The molecule has 0 radical (unpaired) electrons. The first-order valence-electron chi connectivity index (χ1n) is 9.63. The number of hydrogen-bond donors (Lipinski definition) is 1. The first-order valence-corrected chi connectivity index (χ1v) is 9.63. The molecule has 0 fully saturated rings.